The molecule has 0 unspecified atom stereocenters. The van der Waals surface area contributed by atoms with Crippen LogP contribution < -0.4 is 9.62 Å². The lowest BCUT2D eigenvalue weighted by atomic mass is 10.0. The van der Waals surface area contributed by atoms with E-state index < -0.39 is 28.5 Å². The normalized spacial score (nSPS) is 14.0. The number of rotatable bonds is 12. The highest BCUT2D eigenvalue weighted by molar-refractivity contribution is 7.92. The average Bonchev–Trinajstić information content (AvgIpc) is 3.56. The van der Waals surface area contributed by atoms with Crippen LogP contribution >= 0.6 is 23.2 Å². The molecule has 4 aromatic carbocycles. The van der Waals surface area contributed by atoms with Gasteiger partial charge in [-0.05, 0) is 85.8 Å². The monoisotopic (exact) mass is 691 g/mol. The zero-order valence-electron chi connectivity index (χ0n) is 26.5. The van der Waals surface area contributed by atoms with E-state index in [1.54, 1.807) is 61.5 Å². The molecule has 0 radical (unpaired) electrons. The number of hydrogen-bond acceptors (Lipinski definition) is 4. The number of sulfonamides is 1. The maximum Gasteiger partial charge on any atom is 0.264 e. The highest BCUT2D eigenvalue weighted by Gasteiger charge is 2.36. The van der Waals surface area contributed by atoms with Crippen LogP contribution in [0.5, 0.6) is 0 Å². The van der Waals surface area contributed by atoms with Crippen LogP contribution in [0.4, 0.5) is 5.69 Å². The molecular formula is C37H39Cl2N3O4S. The topological polar surface area (TPSA) is 86.8 Å². The van der Waals surface area contributed by atoms with Gasteiger partial charge in [0.25, 0.3) is 10.0 Å². The maximum absolute atomic E-state index is 14.7. The first-order valence-electron chi connectivity index (χ1n) is 15.7. The minimum atomic E-state index is -4.21. The summed E-state index contributed by atoms with van der Waals surface area (Å²) in [4.78, 5) is 30.3. The van der Waals surface area contributed by atoms with E-state index in [0.29, 0.717) is 21.3 Å². The molecule has 0 spiro atoms. The van der Waals surface area contributed by atoms with Crippen LogP contribution in [0.3, 0.4) is 0 Å². The number of nitrogens with zero attached hydrogens (tertiary/aromatic N) is 2. The second-order valence-corrected chi connectivity index (χ2v) is 14.8. The first-order chi connectivity index (χ1) is 22.5. The van der Waals surface area contributed by atoms with Gasteiger partial charge in [0, 0.05) is 29.1 Å². The Morgan fingerprint density at radius 3 is 2.11 bits per heavy atom. The van der Waals surface area contributed by atoms with Crippen molar-refractivity contribution in [2.45, 2.75) is 69.5 Å². The standard InChI is InChI=1S/C37H39Cl2N3O4S/c1-26-12-19-33(20-13-26)47(45,46)42(34-21-18-31(39)22-27(34)2)25-36(43)41(24-29-14-16-30(38)17-15-29)35(23-28-8-4-3-5-9-28)37(44)40-32-10-6-7-11-32/h3-5,8-9,12-22,32,35H,6-7,10-11,23-25H2,1-2H3,(H,40,44)/t35-/m0/s1. The Morgan fingerprint density at radius 2 is 1.47 bits per heavy atom. The summed E-state index contributed by atoms with van der Waals surface area (Å²) >= 11 is 12.4. The molecule has 0 bridgehead atoms. The summed E-state index contributed by atoms with van der Waals surface area (Å²) in [5, 5.41) is 4.18. The molecule has 0 aromatic heterocycles. The van der Waals surface area contributed by atoms with E-state index in [4.69, 9.17) is 23.2 Å². The Labute approximate surface area is 287 Å². The Kier molecular flexibility index (Phi) is 11.3. The molecule has 1 fully saturated rings. The lowest BCUT2D eigenvalue weighted by molar-refractivity contribution is -0.140. The van der Waals surface area contributed by atoms with Gasteiger partial charge in [-0.1, -0.05) is 96.2 Å². The molecule has 1 aliphatic rings. The first-order valence-corrected chi connectivity index (χ1v) is 17.9. The lowest BCUT2D eigenvalue weighted by Gasteiger charge is -2.34. The third-order valence-corrected chi connectivity index (χ3v) is 10.8. The molecule has 4 aromatic rings. The van der Waals surface area contributed by atoms with Gasteiger partial charge in [-0.3, -0.25) is 13.9 Å². The molecule has 2 amide bonds. The quantitative estimate of drug-likeness (QED) is 0.167. The van der Waals surface area contributed by atoms with Gasteiger partial charge in [-0.2, -0.15) is 0 Å². The molecule has 47 heavy (non-hydrogen) atoms. The number of hydrogen-bond donors (Lipinski definition) is 1. The minimum Gasteiger partial charge on any atom is -0.352 e. The van der Waals surface area contributed by atoms with Gasteiger partial charge in [0.05, 0.1) is 10.6 Å². The minimum absolute atomic E-state index is 0.0309. The number of halogens is 2. The summed E-state index contributed by atoms with van der Waals surface area (Å²) in [5.41, 5.74) is 3.45. The third-order valence-electron chi connectivity index (χ3n) is 8.55. The fraction of sp³-hybridized carbons (Fsp3) is 0.297. The molecule has 1 N–H and O–H groups in total. The lowest BCUT2D eigenvalue weighted by Crippen LogP contribution is -2.54. The first kappa shape index (κ1) is 34.5. The number of carbonyl (C=O) groups is 2. The van der Waals surface area contributed by atoms with Gasteiger partial charge in [0.2, 0.25) is 11.8 Å². The number of aryl methyl sites for hydroxylation is 2. The van der Waals surface area contributed by atoms with E-state index in [-0.39, 0.29) is 29.8 Å². The fourth-order valence-electron chi connectivity index (χ4n) is 5.96. The van der Waals surface area contributed by atoms with Gasteiger partial charge in [-0.15, -0.1) is 0 Å². The van der Waals surface area contributed by atoms with E-state index in [1.807, 2.05) is 37.3 Å². The second kappa shape index (κ2) is 15.4. The van der Waals surface area contributed by atoms with Crippen LogP contribution in [0.1, 0.15) is 47.9 Å². The highest BCUT2D eigenvalue weighted by atomic mass is 35.5. The van der Waals surface area contributed by atoms with Crippen LogP contribution in [0.25, 0.3) is 0 Å². The van der Waals surface area contributed by atoms with E-state index in [1.165, 1.54) is 17.0 Å². The van der Waals surface area contributed by atoms with Crippen molar-refractivity contribution in [3.05, 3.63) is 129 Å². The summed E-state index contributed by atoms with van der Waals surface area (Å²) in [6.45, 7) is 3.17. The van der Waals surface area contributed by atoms with Crippen molar-refractivity contribution >= 4 is 50.7 Å². The zero-order valence-corrected chi connectivity index (χ0v) is 28.9. The Morgan fingerprint density at radius 1 is 0.830 bits per heavy atom. The van der Waals surface area contributed by atoms with Crippen LogP contribution in [0.15, 0.2) is 102 Å². The van der Waals surface area contributed by atoms with E-state index in [9.17, 15) is 18.0 Å². The highest BCUT2D eigenvalue weighted by Crippen LogP contribution is 2.30. The largest absolute Gasteiger partial charge is 0.352 e. The van der Waals surface area contributed by atoms with Gasteiger partial charge < -0.3 is 10.2 Å². The van der Waals surface area contributed by atoms with Crippen molar-refractivity contribution in [1.82, 2.24) is 10.2 Å². The molecule has 5 rings (SSSR count). The predicted molar refractivity (Wildman–Crippen MR) is 188 cm³/mol. The number of amides is 2. The van der Waals surface area contributed by atoms with Crippen LogP contribution in [-0.2, 0) is 32.6 Å². The van der Waals surface area contributed by atoms with Crippen molar-refractivity contribution in [2.75, 3.05) is 10.8 Å². The van der Waals surface area contributed by atoms with E-state index >= 15 is 0 Å². The summed E-state index contributed by atoms with van der Waals surface area (Å²) in [7, 11) is -4.21. The molecule has 1 saturated carbocycles. The second-order valence-electron chi connectivity index (χ2n) is 12.1. The number of nitrogens with one attached hydrogen (secondary N) is 1. The Balaban J connectivity index is 1.58. The van der Waals surface area contributed by atoms with Crippen LogP contribution in [0, 0.1) is 13.8 Å². The molecule has 1 aliphatic carbocycles. The van der Waals surface area contributed by atoms with Crippen LogP contribution in [0.2, 0.25) is 10.0 Å². The van der Waals surface area contributed by atoms with Gasteiger partial charge in [0.15, 0.2) is 0 Å². The van der Waals surface area contributed by atoms with Crippen molar-refractivity contribution in [2.24, 2.45) is 0 Å². The smallest absolute Gasteiger partial charge is 0.264 e. The van der Waals surface area contributed by atoms with Crippen LogP contribution in [-0.4, -0.2) is 43.8 Å². The number of benzene rings is 4. The molecule has 10 heteroatoms. The Bertz CT molecular complexity index is 1790. The Hall–Kier alpha value is -3.85. The van der Waals surface area contributed by atoms with Gasteiger partial charge in [0.1, 0.15) is 12.6 Å². The molecule has 7 nitrogen and oxygen atoms in total. The zero-order chi connectivity index (χ0) is 33.6. The van der Waals surface area contributed by atoms with Gasteiger partial charge >= 0.3 is 0 Å². The third kappa shape index (κ3) is 8.74. The molecule has 0 saturated heterocycles. The number of anilines is 1. The van der Waals surface area contributed by atoms with E-state index in [2.05, 4.69) is 5.32 Å². The summed E-state index contributed by atoms with van der Waals surface area (Å²) in [6.07, 6.45) is 4.09. The summed E-state index contributed by atoms with van der Waals surface area (Å²) in [6, 6.07) is 27.1. The fourth-order valence-corrected chi connectivity index (χ4v) is 7.79. The maximum atomic E-state index is 14.7. The van der Waals surface area contributed by atoms with Crippen molar-refractivity contribution in [3.63, 3.8) is 0 Å². The van der Waals surface area contributed by atoms with Crippen molar-refractivity contribution in [3.8, 4) is 0 Å². The molecular weight excluding hydrogens is 653 g/mol. The van der Waals surface area contributed by atoms with Crippen molar-refractivity contribution in [1.29, 1.82) is 0 Å². The predicted octanol–water partition coefficient (Wildman–Crippen LogP) is 7.50. The average molecular weight is 693 g/mol. The molecule has 0 aliphatic heterocycles. The molecule has 246 valence electrons. The summed E-state index contributed by atoms with van der Waals surface area (Å²) < 4.78 is 29.7. The molecule has 0 heterocycles. The SMILES string of the molecule is Cc1ccc(S(=O)(=O)N(CC(=O)N(Cc2ccc(Cl)cc2)[C@@H](Cc2ccccc2)C(=O)NC2CCCC2)c2ccc(Cl)cc2C)cc1. The van der Waals surface area contributed by atoms with E-state index in [0.717, 1.165) is 46.7 Å². The van der Waals surface area contributed by atoms with Gasteiger partial charge in [-0.25, -0.2) is 8.42 Å². The summed E-state index contributed by atoms with van der Waals surface area (Å²) in [5.74, 6) is -0.786. The number of carbonyl (C=O) groups excluding carboxylic acids is 2. The molecule has 1 atom stereocenters. The van der Waals surface area contributed by atoms with Crippen molar-refractivity contribution < 1.29 is 18.0 Å².